The topological polar surface area (TPSA) is 79.0 Å². The number of methoxy groups -OCH3 is 1. The molecule has 26 heavy (non-hydrogen) atoms. The second kappa shape index (κ2) is 6.63. The molecule has 2 heterocycles. The molecule has 1 unspecified atom stereocenters. The zero-order valence-corrected chi connectivity index (χ0v) is 15.3. The number of benzene rings is 1. The van der Waals surface area contributed by atoms with Crippen molar-refractivity contribution < 1.29 is 18.8 Å². The Kier molecular flexibility index (Phi) is 4.30. The van der Waals surface area contributed by atoms with Crippen LogP contribution in [0.5, 0.6) is 11.5 Å². The normalized spacial score (nSPS) is 23.0. The van der Waals surface area contributed by atoms with Gasteiger partial charge >= 0.3 is 0 Å². The van der Waals surface area contributed by atoms with Crippen molar-refractivity contribution in [3.8, 4) is 11.5 Å². The molecule has 1 atom stereocenters. The number of aromatic nitrogens is 2. The maximum atomic E-state index is 6.18. The summed E-state index contributed by atoms with van der Waals surface area (Å²) in [6, 6.07) is 5.86. The summed E-state index contributed by atoms with van der Waals surface area (Å²) < 4.78 is 16.7. The molecule has 7 heteroatoms. The first-order chi connectivity index (χ1) is 12.6. The van der Waals surface area contributed by atoms with Crippen LogP contribution in [0.25, 0.3) is 0 Å². The maximum Gasteiger partial charge on any atom is 0.223 e. The molecule has 0 amide bonds. The number of ether oxygens (including phenoxy) is 2. The fourth-order valence-corrected chi connectivity index (χ4v) is 3.46. The van der Waals surface area contributed by atoms with Gasteiger partial charge < -0.3 is 18.8 Å². The monoisotopic (exact) mass is 357 g/mol. The molecule has 7 nitrogen and oxygen atoms in total. The molecule has 1 aliphatic carbocycles. The Morgan fingerprint density at radius 3 is 2.69 bits per heavy atom. The largest absolute Gasteiger partial charge is 0.493 e. The van der Waals surface area contributed by atoms with E-state index in [0.717, 1.165) is 35.6 Å². The van der Waals surface area contributed by atoms with Gasteiger partial charge in [-0.2, -0.15) is 4.98 Å². The molecule has 4 rings (SSSR count). The number of rotatable bonds is 5. The summed E-state index contributed by atoms with van der Waals surface area (Å²) in [5.74, 6) is 2.50. The number of hydrogen-bond donors (Lipinski definition) is 0. The standard InChI is InChI=1S/C19H23N3O4/c1-12-20-18(22-25-12)19(2)11-15(21-26-19)13-8-9-16(23-3)17(10-13)24-14-6-4-5-7-14/h8-10,14H,4-7,11H2,1-3H3. The van der Waals surface area contributed by atoms with Crippen molar-refractivity contribution >= 4 is 5.71 Å². The Balaban J connectivity index is 1.56. The smallest absolute Gasteiger partial charge is 0.223 e. The van der Waals surface area contributed by atoms with Gasteiger partial charge in [0.2, 0.25) is 17.3 Å². The summed E-state index contributed by atoms with van der Waals surface area (Å²) in [4.78, 5) is 9.95. The van der Waals surface area contributed by atoms with E-state index in [9.17, 15) is 0 Å². The van der Waals surface area contributed by atoms with Gasteiger partial charge in [-0.25, -0.2) is 0 Å². The van der Waals surface area contributed by atoms with Crippen LogP contribution < -0.4 is 9.47 Å². The SMILES string of the molecule is COc1ccc(C2=NOC(C)(c3noc(C)n3)C2)cc1OC1CCCC1. The van der Waals surface area contributed by atoms with Crippen LogP contribution in [-0.4, -0.2) is 29.1 Å². The molecule has 0 bridgehead atoms. The average molecular weight is 357 g/mol. The lowest BCUT2D eigenvalue weighted by Gasteiger charge is -2.17. The molecular weight excluding hydrogens is 334 g/mol. The second-order valence-corrected chi connectivity index (χ2v) is 7.06. The predicted molar refractivity (Wildman–Crippen MR) is 94.5 cm³/mol. The van der Waals surface area contributed by atoms with Crippen molar-refractivity contribution in [1.82, 2.24) is 10.1 Å². The van der Waals surface area contributed by atoms with Gasteiger partial charge in [0, 0.05) is 18.9 Å². The molecular formula is C19H23N3O4. The molecule has 1 fully saturated rings. The molecule has 1 aromatic heterocycles. The van der Waals surface area contributed by atoms with E-state index in [1.807, 2.05) is 25.1 Å². The molecule has 1 aliphatic heterocycles. The Morgan fingerprint density at radius 2 is 2.00 bits per heavy atom. The Hall–Kier alpha value is -2.57. The molecule has 1 saturated carbocycles. The maximum absolute atomic E-state index is 6.18. The zero-order chi connectivity index (χ0) is 18.1. The highest BCUT2D eigenvalue weighted by Crippen LogP contribution is 2.37. The molecule has 0 radical (unpaired) electrons. The molecule has 2 aromatic rings. The number of nitrogens with zero attached hydrogens (tertiary/aromatic N) is 3. The minimum Gasteiger partial charge on any atom is -0.493 e. The van der Waals surface area contributed by atoms with Gasteiger partial charge in [-0.3, -0.25) is 0 Å². The van der Waals surface area contributed by atoms with E-state index in [1.54, 1.807) is 14.0 Å². The quantitative estimate of drug-likeness (QED) is 0.811. The van der Waals surface area contributed by atoms with Gasteiger partial charge in [0.05, 0.1) is 18.9 Å². The highest BCUT2D eigenvalue weighted by molar-refractivity contribution is 6.02. The van der Waals surface area contributed by atoms with E-state index in [-0.39, 0.29) is 6.10 Å². The Morgan fingerprint density at radius 1 is 1.19 bits per heavy atom. The van der Waals surface area contributed by atoms with E-state index in [2.05, 4.69) is 15.3 Å². The Labute approximate surface area is 152 Å². The van der Waals surface area contributed by atoms with Gasteiger partial charge in [-0.1, -0.05) is 10.3 Å². The van der Waals surface area contributed by atoms with Crippen molar-refractivity contribution in [2.75, 3.05) is 7.11 Å². The fraction of sp³-hybridized carbons (Fsp3) is 0.526. The van der Waals surface area contributed by atoms with Crippen LogP contribution in [0.4, 0.5) is 0 Å². The highest BCUT2D eigenvalue weighted by atomic mass is 16.7. The molecule has 138 valence electrons. The van der Waals surface area contributed by atoms with E-state index >= 15 is 0 Å². The van der Waals surface area contributed by atoms with Crippen LogP contribution in [0.3, 0.4) is 0 Å². The van der Waals surface area contributed by atoms with Crippen molar-refractivity contribution in [3.05, 3.63) is 35.5 Å². The van der Waals surface area contributed by atoms with E-state index in [1.165, 1.54) is 12.8 Å². The van der Waals surface area contributed by atoms with Gasteiger partial charge in [-0.05, 0) is 50.8 Å². The third-order valence-electron chi connectivity index (χ3n) is 4.96. The number of aryl methyl sites for hydroxylation is 1. The summed E-state index contributed by atoms with van der Waals surface area (Å²) in [6.07, 6.45) is 5.43. The molecule has 1 aromatic carbocycles. The minimum absolute atomic E-state index is 0.258. The first-order valence-electron chi connectivity index (χ1n) is 8.98. The van der Waals surface area contributed by atoms with Crippen LogP contribution in [0.1, 0.15) is 56.3 Å². The third kappa shape index (κ3) is 3.13. The first kappa shape index (κ1) is 16.9. The zero-order valence-electron chi connectivity index (χ0n) is 15.3. The summed E-state index contributed by atoms with van der Waals surface area (Å²) in [7, 11) is 1.66. The Bertz CT molecular complexity index is 826. The number of oxime groups is 1. The van der Waals surface area contributed by atoms with Crippen molar-refractivity contribution in [1.29, 1.82) is 0 Å². The lowest BCUT2D eigenvalue weighted by Crippen LogP contribution is -2.23. The summed E-state index contributed by atoms with van der Waals surface area (Å²) in [5.41, 5.74) is 1.05. The summed E-state index contributed by atoms with van der Waals surface area (Å²) >= 11 is 0. The molecule has 0 saturated heterocycles. The van der Waals surface area contributed by atoms with Crippen LogP contribution in [0.15, 0.2) is 27.9 Å². The van der Waals surface area contributed by atoms with E-state index in [0.29, 0.717) is 18.1 Å². The average Bonchev–Trinajstić information content (AvgIpc) is 3.37. The van der Waals surface area contributed by atoms with Gasteiger partial charge in [0.1, 0.15) is 0 Å². The van der Waals surface area contributed by atoms with Gasteiger partial charge in [-0.15, -0.1) is 0 Å². The van der Waals surface area contributed by atoms with Crippen molar-refractivity contribution in [2.24, 2.45) is 5.16 Å². The van der Waals surface area contributed by atoms with Crippen LogP contribution in [0, 0.1) is 6.92 Å². The second-order valence-electron chi connectivity index (χ2n) is 7.06. The van der Waals surface area contributed by atoms with Crippen LogP contribution in [0.2, 0.25) is 0 Å². The predicted octanol–water partition coefficient (Wildman–Crippen LogP) is 3.75. The van der Waals surface area contributed by atoms with Gasteiger partial charge in [0.15, 0.2) is 11.5 Å². The van der Waals surface area contributed by atoms with Crippen molar-refractivity contribution in [2.45, 2.75) is 57.7 Å². The molecule has 2 aliphatic rings. The van der Waals surface area contributed by atoms with Crippen molar-refractivity contribution in [3.63, 3.8) is 0 Å². The first-order valence-corrected chi connectivity index (χ1v) is 8.98. The lowest BCUT2D eigenvalue weighted by atomic mass is 9.95. The van der Waals surface area contributed by atoms with E-state index in [4.69, 9.17) is 18.8 Å². The van der Waals surface area contributed by atoms with Crippen LogP contribution in [-0.2, 0) is 10.4 Å². The molecule has 0 spiro atoms. The molecule has 0 N–H and O–H groups in total. The summed E-state index contributed by atoms with van der Waals surface area (Å²) in [5, 5.41) is 8.25. The third-order valence-corrected chi connectivity index (χ3v) is 4.96. The minimum atomic E-state index is -0.723. The lowest BCUT2D eigenvalue weighted by molar-refractivity contribution is -0.0159. The van der Waals surface area contributed by atoms with E-state index < -0.39 is 5.60 Å². The van der Waals surface area contributed by atoms with Gasteiger partial charge in [0.25, 0.3) is 0 Å². The highest BCUT2D eigenvalue weighted by Gasteiger charge is 2.41. The summed E-state index contributed by atoms with van der Waals surface area (Å²) in [6.45, 7) is 3.67. The number of hydrogen-bond acceptors (Lipinski definition) is 7. The fourth-order valence-electron chi connectivity index (χ4n) is 3.46. The van der Waals surface area contributed by atoms with Crippen LogP contribution >= 0.6 is 0 Å².